The predicted molar refractivity (Wildman–Crippen MR) is 103 cm³/mol. The molecule has 0 spiro atoms. The number of hydrogen-bond donors (Lipinski definition) is 1. The maximum absolute atomic E-state index is 12.4. The minimum Gasteiger partial charge on any atom is -0.480 e. The second kappa shape index (κ2) is 7.61. The number of benzene rings is 1. The standard InChI is InChI=1S/C21H22N2O4/c1-12-8-17(19-13(2)14(3)21(25)27-18(19)9-12)26-15(4)20(24)23-11-16-6-5-7-22-10-16/h5-10,15H,11H2,1-4H3,(H,23,24)/t15-/m0/s1. The molecule has 2 aromatic heterocycles. The highest BCUT2D eigenvalue weighted by Crippen LogP contribution is 2.31. The van der Waals surface area contributed by atoms with Crippen LogP contribution in [0.2, 0.25) is 0 Å². The van der Waals surface area contributed by atoms with Crippen molar-refractivity contribution in [2.24, 2.45) is 0 Å². The highest BCUT2D eigenvalue weighted by atomic mass is 16.5. The molecular formula is C21H22N2O4. The molecule has 140 valence electrons. The van der Waals surface area contributed by atoms with E-state index in [9.17, 15) is 9.59 Å². The lowest BCUT2D eigenvalue weighted by Crippen LogP contribution is -2.36. The molecule has 1 amide bonds. The first-order chi connectivity index (χ1) is 12.9. The summed E-state index contributed by atoms with van der Waals surface area (Å²) in [4.78, 5) is 28.4. The Morgan fingerprint density at radius 2 is 2.04 bits per heavy atom. The van der Waals surface area contributed by atoms with Gasteiger partial charge in [0, 0.05) is 24.5 Å². The molecule has 2 heterocycles. The summed E-state index contributed by atoms with van der Waals surface area (Å²) in [7, 11) is 0. The molecule has 1 aromatic carbocycles. The molecule has 6 nitrogen and oxygen atoms in total. The van der Waals surface area contributed by atoms with E-state index in [1.165, 1.54) is 0 Å². The van der Waals surface area contributed by atoms with Gasteiger partial charge in [0.05, 0.1) is 5.39 Å². The first kappa shape index (κ1) is 18.6. The smallest absolute Gasteiger partial charge is 0.339 e. The van der Waals surface area contributed by atoms with Crippen molar-refractivity contribution in [1.82, 2.24) is 10.3 Å². The molecule has 0 unspecified atom stereocenters. The van der Waals surface area contributed by atoms with Crippen molar-refractivity contribution in [2.45, 2.75) is 40.3 Å². The van der Waals surface area contributed by atoms with Crippen LogP contribution in [0.5, 0.6) is 5.75 Å². The van der Waals surface area contributed by atoms with Crippen molar-refractivity contribution in [3.05, 3.63) is 69.3 Å². The van der Waals surface area contributed by atoms with Gasteiger partial charge in [-0.2, -0.15) is 0 Å². The average molecular weight is 366 g/mol. The summed E-state index contributed by atoms with van der Waals surface area (Å²) in [5.41, 5.74) is 3.21. The Labute approximate surface area is 157 Å². The van der Waals surface area contributed by atoms with Gasteiger partial charge in [-0.1, -0.05) is 6.07 Å². The van der Waals surface area contributed by atoms with E-state index in [1.54, 1.807) is 32.3 Å². The molecule has 1 atom stereocenters. The van der Waals surface area contributed by atoms with Gasteiger partial charge in [0.15, 0.2) is 6.10 Å². The summed E-state index contributed by atoms with van der Waals surface area (Å²) in [6, 6.07) is 7.35. The van der Waals surface area contributed by atoms with Gasteiger partial charge < -0.3 is 14.5 Å². The summed E-state index contributed by atoms with van der Waals surface area (Å²) in [6.07, 6.45) is 2.68. The number of carbonyl (C=O) groups excluding carboxylic acids is 1. The molecule has 3 aromatic rings. The van der Waals surface area contributed by atoms with E-state index in [2.05, 4.69) is 10.3 Å². The van der Waals surface area contributed by atoms with Crippen molar-refractivity contribution < 1.29 is 13.9 Å². The van der Waals surface area contributed by atoms with Crippen molar-refractivity contribution >= 4 is 16.9 Å². The maximum atomic E-state index is 12.4. The third-order valence-corrected chi connectivity index (χ3v) is 4.52. The molecule has 6 heteroatoms. The van der Waals surface area contributed by atoms with Crippen LogP contribution in [0.4, 0.5) is 0 Å². The van der Waals surface area contributed by atoms with Crippen molar-refractivity contribution in [1.29, 1.82) is 0 Å². The Hall–Kier alpha value is -3.15. The van der Waals surface area contributed by atoms with Crippen LogP contribution in [0.3, 0.4) is 0 Å². The van der Waals surface area contributed by atoms with Crippen molar-refractivity contribution in [3.8, 4) is 5.75 Å². The summed E-state index contributed by atoms with van der Waals surface area (Å²) >= 11 is 0. The zero-order chi connectivity index (χ0) is 19.6. The Kier molecular flexibility index (Phi) is 5.26. The highest BCUT2D eigenvalue weighted by Gasteiger charge is 2.19. The van der Waals surface area contributed by atoms with Gasteiger partial charge in [-0.15, -0.1) is 0 Å². The maximum Gasteiger partial charge on any atom is 0.339 e. The SMILES string of the molecule is Cc1cc(O[C@@H](C)C(=O)NCc2cccnc2)c2c(C)c(C)c(=O)oc2c1. The number of fused-ring (bicyclic) bond motifs is 1. The molecular weight excluding hydrogens is 344 g/mol. The van der Waals surface area contributed by atoms with E-state index < -0.39 is 6.10 Å². The Morgan fingerprint density at radius 1 is 1.26 bits per heavy atom. The molecule has 0 saturated heterocycles. The van der Waals surface area contributed by atoms with Crippen LogP contribution in [-0.2, 0) is 11.3 Å². The molecule has 27 heavy (non-hydrogen) atoms. The molecule has 0 radical (unpaired) electrons. The number of pyridine rings is 1. The van der Waals surface area contributed by atoms with Crippen LogP contribution < -0.4 is 15.7 Å². The lowest BCUT2D eigenvalue weighted by molar-refractivity contribution is -0.127. The van der Waals surface area contributed by atoms with E-state index >= 15 is 0 Å². The normalized spacial score (nSPS) is 12.0. The number of ether oxygens (including phenoxy) is 1. The molecule has 0 saturated carbocycles. The summed E-state index contributed by atoms with van der Waals surface area (Å²) in [6.45, 7) is 7.52. The Bertz CT molecular complexity index is 1040. The highest BCUT2D eigenvalue weighted by molar-refractivity contribution is 5.89. The lowest BCUT2D eigenvalue weighted by atomic mass is 10.0. The Balaban J connectivity index is 1.84. The molecule has 0 aliphatic heterocycles. The average Bonchev–Trinajstić information content (AvgIpc) is 2.64. The van der Waals surface area contributed by atoms with Crippen LogP contribution >= 0.6 is 0 Å². The fourth-order valence-electron chi connectivity index (χ4n) is 2.86. The van der Waals surface area contributed by atoms with Gasteiger partial charge in [0.1, 0.15) is 11.3 Å². The quantitative estimate of drug-likeness (QED) is 0.701. The number of amides is 1. The summed E-state index contributed by atoms with van der Waals surface area (Å²) in [5, 5.41) is 3.55. The molecule has 0 aliphatic rings. The Morgan fingerprint density at radius 3 is 2.74 bits per heavy atom. The second-order valence-corrected chi connectivity index (χ2v) is 6.61. The van der Waals surface area contributed by atoms with Crippen LogP contribution in [0.15, 0.2) is 45.9 Å². The first-order valence-electron chi connectivity index (χ1n) is 8.74. The van der Waals surface area contributed by atoms with E-state index in [4.69, 9.17) is 9.15 Å². The van der Waals surface area contributed by atoms with Gasteiger partial charge in [-0.05, 0) is 62.6 Å². The molecule has 0 fully saturated rings. The van der Waals surface area contributed by atoms with Gasteiger partial charge >= 0.3 is 5.63 Å². The fraction of sp³-hybridized carbons (Fsp3) is 0.286. The number of aryl methyl sites for hydroxylation is 2. The molecule has 0 aliphatic carbocycles. The number of rotatable bonds is 5. The predicted octanol–water partition coefficient (Wildman–Crippen LogP) is 3.20. The van der Waals surface area contributed by atoms with E-state index in [-0.39, 0.29) is 11.5 Å². The zero-order valence-electron chi connectivity index (χ0n) is 15.8. The fourth-order valence-corrected chi connectivity index (χ4v) is 2.86. The number of carbonyl (C=O) groups is 1. The van der Waals surface area contributed by atoms with Gasteiger partial charge in [-0.3, -0.25) is 9.78 Å². The van der Waals surface area contributed by atoms with E-state index in [1.807, 2.05) is 32.0 Å². The third kappa shape index (κ3) is 4.00. The second-order valence-electron chi connectivity index (χ2n) is 6.61. The zero-order valence-corrected chi connectivity index (χ0v) is 15.8. The lowest BCUT2D eigenvalue weighted by Gasteiger charge is -2.18. The number of nitrogens with zero attached hydrogens (tertiary/aromatic N) is 1. The van der Waals surface area contributed by atoms with E-state index in [0.29, 0.717) is 28.8 Å². The van der Waals surface area contributed by atoms with Crippen molar-refractivity contribution in [2.75, 3.05) is 0 Å². The van der Waals surface area contributed by atoms with Gasteiger partial charge in [0.25, 0.3) is 5.91 Å². The molecule has 1 N–H and O–H groups in total. The van der Waals surface area contributed by atoms with Crippen molar-refractivity contribution in [3.63, 3.8) is 0 Å². The number of aromatic nitrogens is 1. The minimum absolute atomic E-state index is 0.236. The topological polar surface area (TPSA) is 81.4 Å². The monoisotopic (exact) mass is 366 g/mol. The molecule has 0 bridgehead atoms. The van der Waals surface area contributed by atoms with Crippen LogP contribution in [0.25, 0.3) is 11.0 Å². The first-order valence-corrected chi connectivity index (χ1v) is 8.74. The number of nitrogens with one attached hydrogen (secondary N) is 1. The minimum atomic E-state index is -0.710. The summed E-state index contributed by atoms with van der Waals surface area (Å²) in [5.74, 6) is 0.290. The third-order valence-electron chi connectivity index (χ3n) is 4.52. The number of hydrogen-bond acceptors (Lipinski definition) is 5. The summed E-state index contributed by atoms with van der Waals surface area (Å²) < 4.78 is 11.3. The van der Waals surface area contributed by atoms with Crippen LogP contribution in [0, 0.1) is 20.8 Å². The van der Waals surface area contributed by atoms with Crippen LogP contribution in [-0.4, -0.2) is 17.0 Å². The molecule has 3 rings (SSSR count). The van der Waals surface area contributed by atoms with Gasteiger partial charge in [0.2, 0.25) is 0 Å². The van der Waals surface area contributed by atoms with E-state index in [0.717, 1.165) is 16.7 Å². The van der Waals surface area contributed by atoms with Crippen LogP contribution in [0.1, 0.15) is 29.2 Å². The van der Waals surface area contributed by atoms with Gasteiger partial charge in [-0.25, -0.2) is 4.79 Å². The largest absolute Gasteiger partial charge is 0.480 e.